The van der Waals surface area contributed by atoms with Crippen molar-refractivity contribution in [2.45, 2.75) is 0 Å². The Morgan fingerprint density at radius 3 is 2.63 bits per heavy atom. The van der Waals surface area contributed by atoms with Gasteiger partial charge in [0.25, 0.3) is 0 Å². The van der Waals surface area contributed by atoms with Gasteiger partial charge in [-0.05, 0) is 30.3 Å². The Kier molecular flexibility index (Phi) is 4.26. The van der Waals surface area contributed by atoms with E-state index in [-0.39, 0.29) is 10.6 Å². The minimum Gasteiger partial charge on any atom is -0.287 e. The summed E-state index contributed by atoms with van der Waals surface area (Å²) in [5.74, 6) is -0.880. The molecule has 0 aliphatic rings. The van der Waals surface area contributed by atoms with Gasteiger partial charge in [-0.1, -0.05) is 29.8 Å². The Bertz CT molecular complexity index is 614. The third-order valence-electron chi connectivity index (χ3n) is 2.35. The van der Waals surface area contributed by atoms with Crippen LogP contribution in [-0.2, 0) is 0 Å². The van der Waals surface area contributed by atoms with Crippen molar-refractivity contribution in [2.75, 3.05) is 5.43 Å². The number of hydrogen-bond donors (Lipinski definition) is 1. The molecule has 0 saturated carbocycles. The van der Waals surface area contributed by atoms with E-state index in [0.717, 1.165) is 18.0 Å². The highest BCUT2D eigenvalue weighted by Crippen LogP contribution is 2.17. The second-order valence-corrected chi connectivity index (χ2v) is 4.13. The van der Waals surface area contributed by atoms with Gasteiger partial charge in [-0.3, -0.25) is 10.2 Å². The molecule has 0 fully saturated rings. The molecule has 2 aromatic carbocycles. The smallest absolute Gasteiger partial charge is 0.207 e. The highest BCUT2D eigenvalue weighted by molar-refractivity contribution is 6.42. The Morgan fingerprint density at radius 2 is 1.95 bits per heavy atom. The molecule has 0 amide bonds. The van der Waals surface area contributed by atoms with Crippen molar-refractivity contribution in [1.29, 1.82) is 0 Å². The van der Waals surface area contributed by atoms with Crippen LogP contribution in [0, 0.1) is 5.82 Å². The molecule has 5 heteroatoms. The van der Waals surface area contributed by atoms with Crippen LogP contribution in [0.5, 0.6) is 0 Å². The predicted molar refractivity (Wildman–Crippen MR) is 74.3 cm³/mol. The van der Waals surface area contributed by atoms with Crippen LogP contribution in [0.15, 0.2) is 53.6 Å². The summed E-state index contributed by atoms with van der Waals surface area (Å²) in [6.45, 7) is 0. The summed E-state index contributed by atoms with van der Waals surface area (Å²) in [5, 5.41) is 3.87. The maximum atomic E-state index is 12.8. The molecule has 0 saturated heterocycles. The Balaban J connectivity index is 2.05. The van der Waals surface area contributed by atoms with Gasteiger partial charge >= 0.3 is 0 Å². The maximum absolute atomic E-state index is 12.8. The Hall–Kier alpha value is -2.20. The molecule has 2 rings (SSSR count). The summed E-state index contributed by atoms with van der Waals surface area (Å²) < 4.78 is 12.8. The van der Waals surface area contributed by atoms with Crippen molar-refractivity contribution < 1.29 is 9.18 Å². The number of carbonyl (C=O) groups is 1. The fourth-order valence-electron chi connectivity index (χ4n) is 1.44. The fourth-order valence-corrected chi connectivity index (χ4v) is 1.70. The van der Waals surface area contributed by atoms with Crippen LogP contribution < -0.4 is 5.43 Å². The molecule has 0 aromatic heterocycles. The van der Waals surface area contributed by atoms with E-state index < -0.39 is 11.6 Å². The second kappa shape index (κ2) is 6.11. The standard InChI is InChI=1S/C14H10ClFN2O/c15-13-8-10(16)6-7-12(13)14(19)9-17-18-11-4-2-1-3-5-11/h1-9,18H/b17-9-. The molecule has 3 nitrogen and oxygen atoms in total. The van der Waals surface area contributed by atoms with Gasteiger partial charge in [-0.15, -0.1) is 0 Å². The zero-order chi connectivity index (χ0) is 13.7. The van der Waals surface area contributed by atoms with Crippen LogP contribution in [0.2, 0.25) is 5.02 Å². The third-order valence-corrected chi connectivity index (χ3v) is 2.66. The zero-order valence-corrected chi connectivity index (χ0v) is 10.6. The summed E-state index contributed by atoms with van der Waals surface area (Å²) in [4.78, 5) is 11.8. The van der Waals surface area contributed by atoms with Gasteiger partial charge < -0.3 is 0 Å². The van der Waals surface area contributed by atoms with Gasteiger partial charge in [0.2, 0.25) is 5.78 Å². The van der Waals surface area contributed by atoms with Crippen LogP contribution in [0.1, 0.15) is 10.4 Å². The lowest BCUT2D eigenvalue weighted by Crippen LogP contribution is -2.03. The SMILES string of the molecule is O=C(/C=N\Nc1ccccc1)c1ccc(F)cc1Cl. The Morgan fingerprint density at radius 1 is 1.21 bits per heavy atom. The Labute approximate surface area is 114 Å². The van der Waals surface area contributed by atoms with Gasteiger partial charge in [0.15, 0.2) is 0 Å². The van der Waals surface area contributed by atoms with Crippen LogP contribution in [0.25, 0.3) is 0 Å². The minimum absolute atomic E-state index is 0.0659. The molecule has 2 aromatic rings. The lowest BCUT2D eigenvalue weighted by atomic mass is 10.1. The van der Waals surface area contributed by atoms with Crippen LogP contribution in [0.4, 0.5) is 10.1 Å². The number of carbonyl (C=O) groups excluding carboxylic acids is 1. The van der Waals surface area contributed by atoms with Crippen molar-refractivity contribution in [1.82, 2.24) is 0 Å². The van der Waals surface area contributed by atoms with E-state index in [0.29, 0.717) is 0 Å². The molecule has 0 heterocycles. The van der Waals surface area contributed by atoms with Crippen molar-refractivity contribution >= 4 is 29.3 Å². The number of benzene rings is 2. The second-order valence-electron chi connectivity index (χ2n) is 3.72. The lowest BCUT2D eigenvalue weighted by molar-refractivity contribution is 0.107. The summed E-state index contributed by atoms with van der Waals surface area (Å²) in [7, 11) is 0. The summed E-state index contributed by atoms with van der Waals surface area (Å²) in [6.07, 6.45) is 1.10. The third kappa shape index (κ3) is 3.63. The first-order valence-corrected chi connectivity index (χ1v) is 5.88. The average Bonchev–Trinajstić information content (AvgIpc) is 2.39. The summed E-state index contributed by atoms with van der Waals surface area (Å²) in [6, 6.07) is 12.8. The maximum Gasteiger partial charge on any atom is 0.207 e. The number of nitrogens with zero attached hydrogens (tertiary/aromatic N) is 1. The average molecular weight is 277 g/mol. The van der Waals surface area contributed by atoms with E-state index in [2.05, 4.69) is 10.5 Å². The number of nitrogens with one attached hydrogen (secondary N) is 1. The number of hydrogen-bond acceptors (Lipinski definition) is 3. The van der Waals surface area contributed by atoms with Crippen molar-refractivity contribution in [3.05, 3.63) is 64.9 Å². The number of para-hydroxylation sites is 1. The molecule has 0 radical (unpaired) electrons. The van der Waals surface area contributed by atoms with Gasteiger partial charge in [-0.25, -0.2) is 4.39 Å². The van der Waals surface area contributed by atoms with Crippen LogP contribution in [0.3, 0.4) is 0 Å². The van der Waals surface area contributed by atoms with Gasteiger partial charge in [0, 0.05) is 5.56 Å². The number of halogens is 2. The predicted octanol–water partition coefficient (Wildman–Crippen LogP) is 3.76. The summed E-state index contributed by atoms with van der Waals surface area (Å²) in [5.41, 5.74) is 3.68. The highest BCUT2D eigenvalue weighted by Gasteiger charge is 2.08. The van der Waals surface area contributed by atoms with Crippen LogP contribution in [-0.4, -0.2) is 12.0 Å². The molecule has 19 heavy (non-hydrogen) atoms. The highest BCUT2D eigenvalue weighted by atomic mass is 35.5. The molecule has 0 spiro atoms. The number of rotatable bonds is 4. The zero-order valence-electron chi connectivity index (χ0n) is 9.81. The molecular formula is C14H10ClFN2O. The quantitative estimate of drug-likeness (QED) is 0.525. The molecular weight excluding hydrogens is 267 g/mol. The number of anilines is 1. The largest absolute Gasteiger partial charge is 0.287 e. The van der Waals surface area contributed by atoms with Gasteiger partial charge in [0.1, 0.15) is 5.82 Å². The van der Waals surface area contributed by atoms with E-state index in [4.69, 9.17) is 11.6 Å². The van der Waals surface area contributed by atoms with E-state index in [1.165, 1.54) is 12.1 Å². The van der Waals surface area contributed by atoms with E-state index in [9.17, 15) is 9.18 Å². The molecule has 96 valence electrons. The van der Waals surface area contributed by atoms with Crippen molar-refractivity contribution in [3.63, 3.8) is 0 Å². The fraction of sp³-hybridized carbons (Fsp3) is 0. The topological polar surface area (TPSA) is 41.5 Å². The van der Waals surface area contributed by atoms with E-state index >= 15 is 0 Å². The lowest BCUT2D eigenvalue weighted by Gasteiger charge is -2.00. The molecule has 0 bridgehead atoms. The minimum atomic E-state index is -0.485. The first kappa shape index (κ1) is 13.2. The normalized spacial score (nSPS) is 10.6. The van der Waals surface area contributed by atoms with Gasteiger partial charge in [0.05, 0.1) is 16.9 Å². The number of Topliss-reactive ketones (excluding diaryl/α,β-unsaturated/α-hetero) is 1. The monoisotopic (exact) mass is 276 g/mol. The van der Waals surface area contributed by atoms with Crippen molar-refractivity contribution in [2.24, 2.45) is 5.10 Å². The number of ketones is 1. The molecule has 0 unspecified atom stereocenters. The molecule has 0 atom stereocenters. The molecule has 0 aliphatic carbocycles. The van der Waals surface area contributed by atoms with Gasteiger partial charge in [-0.2, -0.15) is 5.10 Å². The first-order chi connectivity index (χ1) is 9.16. The first-order valence-electron chi connectivity index (χ1n) is 5.50. The molecule has 1 N–H and O–H groups in total. The van der Waals surface area contributed by atoms with E-state index in [1.807, 2.05) is 30.3 Å². The van der Waals surface area contributed by atoms with E-state index in [1.54, 1.807) is 0 Å². The number of hydrazone groups is 1. The summed E-state index contributed by atoms with van der Waals surface area (Å²) >= 11 is 5.78. The van der Waals surface area contributed by atoms with Crippen LogP contribution >= 0.6 is 11.6 Å². The van der Waals surface area contributed by atoms with Crippen molar-refractivity contribution in [3.8, 4) is 0 Å². The molecule has 0 aliphatic heterocycles.